The van der Waals surface area contributed by atoms with Gasteiger partial charge in [0.15, 0.2) is 0 Å². The van der Waals surface area contributed by atoms with Crippen molar-refractivity contribution in [2.75, 3.05) is 5.75 Å². The lowest BCUT2D eigenvalue weighted by Crippen LogP contribution is -2.00. The zero-order valence-corrected chi connectivity index (χ0v) is 15.0. The molecule has 1 unspecified atom stereocenters. The number of hydrogen-bond acceptors (Lipinski definition) is 2. The first-order valence-electron chi connectivity index (χ1n) is 8.27. The molecule has 0 aromatic heterocycles. The first-order valence-corrected chi connectivity index (χ1v) is 9.32. The summed E-state index contributed by atoms with van der Waals surface area (Å²) in [6.07, 6.45) is 13.2. The second-order valence-electron chi connectivity index (χ2n) is 5.90. The lowest BCUT2D eigenvalue weighted by atomic mass is 9.94. The maximum Gasteiger partial charge on any atom is 0.0923 e. The van der Waals surface area contributed by atoms with Crippen LogP contribution >= 0.6 is 11.8 Å². The van der Waals surface area contributed by atoms with Crippen molar-refractivity contribution in [3.8, 4) is 0 Å². The molecule has 0 heterocycles. The molecule has 1 aliphatic carbocycles. The van der Waals surface area contributed by atoms with E-state index in [-0.39, 0.29) is 0 Å². The van der Waals surface area contributed by atoms with Crippen molar-refractivity contribution in [2.45, 2.75) is 65.2 Å². The van der Waals surface area contributed by atoms with Crippen molar-refractivity contribution in [2.24, 2.45) is 10.9 Å². The topological polar surface area (TPSA) is 12.4 Å². The van der Waals surface area contributed by atoms with Crippen molar-refractivity contribution in [1.82, 2.24) is 0 Å². The predicted octanol–water partition coefficient (Wildman–Crippen LogP) is 6.19. The average Bonchev–Trinajstić information content (AvgIpc) is 2.97. The van der Waals surface area contributed by atoms with E-state index in [2.05, 4.69) is 46.4 Å². The third-order valence-corrected chi connectivity index (χ3v) is 5.12. The first-order chi connectivity index (χ1) is 10.1. The number of aliphatic imine (C=N–C) groups is 1. The van der Waals surface area contributed by atoms with E-state index in [0.717, 1.165) is 11.5 Å². The van der Waals surface area contributed by atoms with Crippen LogP contribution in [0.15, 0.2) is 40.4 Å². The second-order valence-corrected chi connectivity index (χ2v) is 7.32. The van der Waals surface area contributed by atoms with Crippen LogP contribution in [0.2, 0.25) is 0 Å². The minimum absolute atomic E-state index is 0.331. The highest BCUT2D eigenvalue weighted by Gasteiger charge is 2.15. The predicted molar refractivity (Wildman–Crippen MR) is 99.3 cm³/mol. The fourth-order valence-electron chi connectivity index (χ4n) is 2.66. The molecule has 0 N–H and O–H groups in total. The number of hydrogen-bond donors (Lipinski definition) is 0. The molecule has 0 bridgehead atoms. The highest BCUT2D eigenvalue weighted by atomic mass is 32.2. The average molecular weight is 306 g/mol. The summed E-state index contributed by atoms with van der Waals surface area (Å²) in [6, 6.07) is 0. The third-order valence-electron chi connectivity index (χ3n) is 3.87. The Hall–Kier alpha value is -0.760. The Balaban J connectivity index is 2.78. The van der Waals surface area contributed by atoms with Gasteiger partial charge in [-0.25, -0.2) is 0 Å². The van der Waals surface area contributed by atoms with Gasteiger partial charge in [0.05, 0.1) is 5.37 Å². The van der Waals surface area contributed by atoms with Crippen LogP contribution in [0.4, 0.5) is 0 Å². The van der Waals surface area contributed by atoms with Gasteiger partial charge in [-0.1, -0.05) is 44.1 Å². The van der Waals surface area contributed by atoms with Crippen LogP contribution < -0.4 is 0 Å². The van der Waals surface area contributed by atoms with E-state index in [9.17, 15) is 0 Å². The molecule has 0 radical (unpaired) electrons. The van der Waals surface area contributed by atoms with E-state index in [1.165, 1.54) is 49.0 Å². The van der Waals surface area contributed by atoms with Crippen molar-refractivity contribution in [3.63, 3.8) is 0 Å². The van der Waals surface area contributed by atoms with Gasteiger partial charge in [-0.15, -0.1) is 11.8 Å². The van der Waals surface area contributed by atoms with Crippen molar-refractivity contribution in [3.05, 3.63) is 35.5 Å². The molecular formula is C19H31NS. The minimum atomic E-state index is 0.331. The molecule has 118 valence electrons. The zero-order chi connectivity index (χ0) is 15.7. The summed E-state index contributed by atoms with van der Waals surface area (Å²) >= 11 is 1.91. The Labute approximate surface area is 135 Å². The van der Waals surface area contributed by atoms with Gasteiger partial charge in [0, 0.05) is 6.21 Å². The fourth-order valence-corrected chi connectivity index (χ4v) is 3.38. The van der Waals surface area contributed by atoms with Crippen LogP contribution in [0.5, 0.6) is 0 Å². The standard InChI is InChI=1S/C19H31NS/c1-6-12-21-16(5)20-14-18(7-2)19(15(3)4)13-17-10-8-9-11-17/h7,13-14,16-17H,3,6,8-12H2,1-2,4-5H3/b18-7+,19-13-,20-14-. The van der Waals surface area contributed by atoms with E-state index in [1.54, 1.807) is 0 Å². The summed E-state index contributed by atoms with van der Waals surface area (Å²) in [5, 5.41) is 0.331. The fraction of sp³-hybridized carbons (Fsp3) is 0.632. The molecule has 0 amide bonds. The SMILES string of the molecule is C=C(C)C(=C/C1CCCC1)/C(/C=N\C(C)SCCC)=C/C. The van der Waals surface area contributed by atoms with Gasteiger partial charge in [-0.2, -0.15) is 0 Å². The minimum Gasteiger partial charge on any atom is -0.279 e. The molecule has 21 heavy (non-hydrogen) atoms. The molecule has 1 nitrogen and oxygen atoms in total. The van der Waals surface area contributed by atoms with Crippen LogP contribution in [0.1, 0.15) is 59.8 Å². The maximum absolute atomic E-state index is 4.70. The molecule has 0 saturated heterocycles. The summed E-state index contributed by atoms with van der Waals surface area (Å²) in [4.78, 5) is 4.70. The molecule has 0 aromatic carbocycles. The van der Waals surface area contributed by atoms with E-state index in [0.29, 0.717) is 5.37 Å². The summed E-state index contributed by atoms with van der Waals surface area (Å²) in [5.41, 5.74) is 3.66. The lowest BCUT2D eigenvalue weighted by molar-refractivity contribution is 0.682. The molecular weight excluding hydrogens is 274 g/mol. The van der Waals surface area contributed by atoms with Gasteiger partial charge in [0.1, 0.15) is 0 Å². The third kappa shape index (κ3) is 6.69. The second kappa shape index (κ2) is 10.0. The monoisotopic (exact) mass is 305 g/mol. The Bertz CT molecular complexity index is 411. The van der Waals surface area contributed by atoms with Gasteiger partial charge in [0.25, 0.3) is 0 Å². The molecule has 1 fully saturated rings. The normalized spacial score (nSPS) is 19.4. The zero-order valence-electron chi connectivity index (χ0n) is 14.2. The number of rotatable bonds is 8. The Morgan fingerprint density at radius 2 is 2.05 bits per heavy atom. The van der Waals surface area contributed by atoms with E-state index in [1.807, 2.05) is 18.0 Å². The number of allylic oxidation sites excluding steroid dienone is 5. The molecule has 0 aliphatic heterocycles. The quantitative estimate of drug-likeness (QED) is 0.385. The van der Waals surface area contributed by atoms with Crippen LogP contribution in [0.3, 0.4) is 0 Å². The molecule has 1 rings (SSSR count). The first kappa shape index (κ1) is 18.3. The molecule has 0 aromatic rings. The van der Waals surface area contributed by atoms with E-state index >= 15 is 0 Å². The van der Waals surface area contributed by atoms with E-state index in [4.69, 9.17) is 4.99 Å². The Kier molecular flexibility index (Phi) is 8.75. The molecule has 0 spiro atoms. The van der Waals surface area contributed by atoms with Crippen LogP contribution in [-0.2, 0) is 0 Å². The summed E-state index contributed by atoms with van der Waals surface area (Å²) < 4.78 is 0. The van der Waals surface area contributed by atoms with Gasteiger partial charge >= 0.3 is 0 Å². The van der Waals surface area contributed by atoms with Gasteiger partial charge < -0.3 is 0 Å². The van der Waals surface area contributed by atoms with Gasteiger partial charge in [-0.3, -0.25) is 4.99 Å². The maximum atomic E-state index is 4.70. The molecule has 1 aliphatic rings. The summed E-state index contributed by atoms with van der Waals surface area (Å²) in [5.74, 6) is 1.90. The van der Waals surface area contributed by atoms with Crippen molar-refractivity contribution < 1.29 is 0 Å². The summed E-state index contributed by atoms with van der Waals surface area (Å²) in [7, 11) is 0. The molecule has 2 heteroatoms. The van der Waals surface area contributed by atoms with Crippen LogP contribution in [0.25, 0.3) is 0 Å². The lowest BCUT2D eigenvalue weighted by Gasteiger charge is -2.12. The van der Waals surface area contributed by atoms with Crippen molar-refractivity contribution in [1.29, 1.82) is 0 Å². The van der Waals surface area contributed by atoms with Crippen LogP contribution in [-0.4, -0.2) is 17.3 Å². The van der Waals surface area contributed by atoms with Gasteiger partial charge in [0.2, 0.25) is 0 Å². The van der Waals surface area contributed by atoms with Crippen LogP contribution in [0, 0.1) is 5.92 Å². The van der Waals surface area contributed by atoms with Crippen molar-refractivity contribution >= 4 is 18.0 Å². The Morgan fingerprint density at radius 3 is 2.57 bits per heavy atom. The van der Waals surface area contributed by atoms with E-state index < -0.39 is 0 Å². The molecule has 1 atom stereocenters. The largest absolute Gasteiger partial charge is 0.279 e. The molecule has 1 saturated carbocycles. The number of nitrogens with zero attached hydrogens (tertiary/aromatic N) is 1. The highest BCUT2D eigenvalue weighted by Crippen LogP contribution is 2.30. The number of thioether (sulfide) groups is 1. The van der Waals surface area contributed by atoms with Gasteiger partial charge in [-0.05, 0) is 62.9 Å². The highest BCUT2D eigenvalue weighted by molar-refractivity contribution is 7.99. The summed E-state index contributed by atoms with van der Waals surface area (Å²) in [6.45, 7) is 12.7. The smallest absolute Gasteiger partial charge is 0.0923 e. The Morgan fingerprint density at radius 1 is 1.38 bits per heavy atom.